The molecule has 0 unspecified atom stereocenters. The van der Waals surface area contributed by atoms with E-state index in [9.17, 15) is 4.57 Å². The highest BCUT2D eigenvalue weighted by Gasteiger charge is 2.39. The molecule has 0 heterocycles. The molecule has 3 atom stereocenters. The Hall–Kier alpha value is -1.70. The fourth-order valence-electron chi connectivity index (χ4n) is 3.86. The minimum atomic E-state index is -2.99. The molecule has 2 aromatic carbocycles. The van der Waals surface area contributed by atoms with Gasteiger partial charge in [-0.05, 0) is 24.7 Å². The summed E-state index contributed by atoms with van der Waals surface area (Å²) < 4.78 is 14.6. The summed E-state index contributed by atoms with van der Waals surface area (Å²) in [5.74, 6) is 1.18. The zero-order chi connectivity index (χ0) is 16.6. The first kappa shape index (κ1) is 15.8. The van der Waals surface area contributed by atoms with E-state index in [2.05, 4.69) is 17.5 Å². The highest BCUT2D eigenvalue weighted by atomic mass is 32.1. The molecule has 0 radical (unpaired) electrons. The smallest absolute Gasteiger partial charge is 0.196 e. The molecule has 2 aliphatic rings. The second kappa shape index (κ2) is 6.31. The predicted octanol–water partition coefficient (Wildman–Crippen LogP) is 3.84. The minimum absolute atomic E-state index is 0.313. The summed E-state index contributed by atoms with van der Waals surface area (Å²) in [6.45, 7) is 0. The molecular formula is C20H20NOPS. The van der Waals surface area contributed by atoms with Crippen LogP contribution in [0.15, 0.2) is 72.8 Å². The molecule has 24 heavy (non-hydrogen) atoms. The lowest BCUT2D eigenvalue weighted by molar-refractivity contribution is 0.527. The molecule has 0 aliphatic heterocycles. The van der Waals surface area contributed by atoms with Crippen molar-refractivity contribution >= 4 is 34.7 Å². The van der Waals surface area contributed by atoms with E-state index in [4.69, 9.17) is 12.2 Å². The quantitative estimate of drug-likeness (QED) is 0.514. The van der Waals surface area contributed by atoms with Gasteiger partial charge in [0.2, 0.25) is 0 Å². The van der Waals surface area contributed by atoms with Crippen LogP contribution >= 0.6 is 19.4 Å². The van der Waals surface area contributed by atoms with Crippen molar-refractivity contribution < 1.29 is 4.57 Å². The number of benzene rings is 2. The zero-order valence-corrected chi connectivity index (χ0v) is 15.0. The van der Waals surface area contributed by atoms with Crippen molar-refractivity contribution in [3.63, 3.8) is 0 Å². The fourth-order valence-corrected chi connectivity index (χ4v) is 6.94. The summed E-state index contributed by atoms with van der Waals surface area (Å²) in [7, 11) is -2.99. The van der Waals surface area contributed by atoms with Crippen LogP contribution in [0, 0.1) is 11.8 Å². The van der Waals surface area contributed by atoms with Crippen LogP contribution in [-0.2, 0) is 4.57 Å². The Kier molecular flexibility index (Phi) is 4.15. The Balaban J connectivity index is 1.69. The third-order valence-electron chi connectivity index (χ3n) is 5.11. The maximum Gasteiger partial charge on any atom is 0.196 e. The molecule has 0 aromatic heterocycles. The number of nitrogens with one attached hydrogen (secondary N) is 1. The number of rotatable bonds is 4. The Morgan fingerprint density at radius 2 is 1.50 bits per heavy atom. The SMILES string of the molecule is O=P(C(=S)N[C@H]1C[C@H]2C=C[C@H]1C2)(c1ccccc1)c1ccccc1. The fraction of sp³-hybridized carbons (Fsp3) is 0.250. The number of allylic oxidation sites excluding steroid dienone is 1. The average Bonchev–Trinajstić information content (AvgIpc) is 3.25. The molecular weight excluding hydrogens is 333 g/mol. The second-order valence-corrected chi connectivity index (χ2v) is 10.0. The van der Waals surface area contributed by atoms with Crippen molar-refractivity contribution in [1.82, 2.24) is 5.32 Å². The Labute approximate surface area is 148 Å². The normalized spacial score (nSPS) is 24.9. The summed E-state index contributed by atoms with van der Waals surface area (Å²) in [5.41, 5.74) is 0. The topological polar surface area (TPSA) is 29.1 Å². The van der Waals surface area contributed by atoms with Crippen molar-refractivity contribution in [1.29, 1.82) is 0 Å². The Bertz CT molecular complexity index is 775. The largest absolute Gasteiger partial charge is 0.370 e. The van der Waals surface area contributed by atoms with Gasteiger partial charge in [0.1, 0.15) is 4.73 Å². The molecule has 2 nitrogen and oxygen atoms in total. The summed E-state index contributed by atoms with van der Waals surface area (Å²) >= 11 is 5.71. The molecule has 1 N–H and O–H groups in total. The van der Waals surface area contributed by atoms with Crippen LogP contribution in [0.4, 0.5) is 0 Å². The minimum Gasteiger partial charge on any atom is -0.370 e. The van der Waals surface area contributed by atoms with Gasteiger partial charge in [-0.2, -0.15) is 0 Å². The van der Waals surface area contributed by atoms with Crippen molar-refractivity contribution in [2.45, 2.75) is 18.9 Å². The predicted molar refractivity (Wildman–Crippen MR) is 105 cm³/mol. The van der Waals surface area contributed by atoms with Crippen LogP contribution in [0.1, 0.15) is 12.8 Å². The number of thiocarbonyl (C=S) groups is 1. The van der Waals surface area contributed by atoms with Gasteiger partial charge in [0.25, 0.3) is 0 Å². The molecule has 2 bridgehead atoms. The molecule has 0 amide bonds. The van der Waals surface area contributed by atoms with Crippen LogP contribution in [0.3, 0.4) is 0 Å². The van der Waals surface area contributed by atoms with E-state index >= 15 is 0 Å². The van der Waals surface area contributed by atoms with Crippen LogP contribution < -0.4 is 15.9 Å². The van der Waals surface area contributed by atoms with Gasteiger partial charge in [-0.25, -0.2) is 0 Å². The van der Waals surface area contributed by atoms with E-state index in [1.165, 1.54) is 6.42 Å². The molecule has 0 spiro atoms. The van der Waals surface area contributed by atoms with Gasteiger partial charge in [-0.3, -0.25) is 0 Å². The van der Waals surface area contributed by atoms with Gasteiger partial charge in [0.15, 0.2) is 7.14 Å². The van der Waals surface area contributed by atoms with Crippen molar-refractivity contribution in [2.24, 2.45) is 11.8 Å². The molecule has 0 saturated heterocycles. The lowest BCUT2D eigenvalue weighted by atomic mass is 10.0. The molecule has 122 valence electrons. The van der Waals surface area contributed by atoms with E-state index in [-0.39, 0.29) is 0 Å². The monoisotopic (exact) mass is 353 g/mol. The zero-order valence-electron chi connectivity index (χ0n) is 13.3. The number of hydrogen-bond donors (Lipinski definition) is 1. The maximum absolute atomic E-state index is 14.1. The molecule has 1 fully saturated rings. The van der Waals surface area contributed by atoms with E-state index in [1.54, 1.807) is 0 Å². The average molecular weight is 353 g/mol. The molecule has 1 saturated carbocycles. The Morgan fingerprint density at radius 3 is 1.96 bits per heavy atom. The summed E-state index contributed by atoms with van der Waals surface area (Å²) in [5, 5.41) is 5.06. The molecule has 4 heteroatoms. The second-order valence-electron chi connectivity index (χ2n) is 6.62. The standard InChI is InChI=1S/C20H20NOPS/c22-23(17-7-3-1-4-8-17,18-9-5-2-6-10-18)20(24)21-19-14-15-11-12-16(19)13-15/h1-12,15-16,19H,13-14H2,(H,21,24)/t15-,16-,19-/m0/s1. The van der Waals surface area contributed by atoms with Gasteiger partial charge >= 0.3 is 0 Å². The van der Waals surface area contributed by atoms with Crippen molar-refractivity contribution in [3.05, 3.63) is 72.8 Å². The molecule has 4 rings (SSSR count). The van der Waals surface area contributed by atoms with E-state index < -0.39 is 7.14 Å². The summed E-state index contributed by atoms with van der Waals surface area (Å²) in [6, 6.07) is 19.6. The molecule has 2 aliphatic carbocycles. The highest BCUT2D eigenvalue weighted by Crippen LogP contribution is 2.46. The van der Waals surface area contributed by atoms with E-state index in [0.717, 1.165) is 17.0 Å². The lowest BCUT2D eigenvalue weighted by Crippen LogP contribution is -2.39. The third kappa shape index (κ3) is 2.66. The van der Waals surface area contributed by atoms with Crippen molar-refractivity contribution in [2.75, 3.05) is 0 Å². The van der Waals surface area contributed by atoms with E-state index in [0.29, 0.717) is 22.6 Å². The first-order chi connectivity index (χ1) is 11.7. The van der Waals surface area contributed by atoms with Gasteiger partial charge in [-0.15, -0.1) is 0 Å². The lowest BCUT2D eigenvalue weighted by Gasteiger charge is -2.27. The highest BCUT2D eigenvalue weighted by molar-refractivity contribution is 8.07. The summed E-state index contributed by atoms with van der Waals surface area (Å²) in [4.78, 5) is 0. The van der Waals surface area contributed by atoms with Gasteiger partial charge in [-0.1, -0.05) is 85.0 Å². The van der Waals surface area contributed by atoms with Crippen LogP contribution in [0.25, 0.3) is 0 Å². The van der Waals surface area contributed by atoms with Gasteiger partial charge in [0.05, 0.1) is 0 Å². The summed E-state index contributed by atoms with van der Waals surface area (Å²) in [6.07, 6.45) is 6.87. The number of fused-ring (bicyclic) bond motifs is 2. The van der Waals surface area contributed by atoms with E-state index in [1.807, 2.05) is 60.7 Å². The van der Waals surface area contributed by atoms with Gasteiger partial charge in [0, 0.05) is 16.7 Å². The van der Waals surface area contributed by atoms with Crippen molar-refractivity contribution in [3.8, 4) is 0 Å². The van der Waals surface area contributed by atoms with Gasteiger partial charge < -0.3 is 9.88 Å². The third-order valence-corrected chi connectivity index (χ3v) is 8.75. The van der Waals surface area contributed by atoms with Crippen LogP contribution in [0.5, 0.6) is 0 Å². The Morgan fingerprint density at radius 1 is 0.917 bits per heavy atom. The molecule has 2 aromatic rings. The van der Waals surface area contributed by atoms with Crippen LogP contribution in [0.2, 0.25) is 0 Å². The first-order valence-electron chi connectivity index (χ1n) is 8.38. The van der Waals surface area contributed by atoms with Crippen LogP contribution in [-0.4, -0.2) is 10.8 Å². The number of hydrogen-bond acceptors (Lipinski definition) is 2. The first-order valence-corrected chi connectivity index (χ1v) is 10.5. The maximum atomic E-state index is 14.1.